The Morgan fingerprint density at radius 3 is 2.50 bits per heavy atom. The van der Waals surface area contributed by atoms with E-state index in [-0.39, 0.29) is 11.5 Å². The summed E-state index contributed by atoms with van der Waals surface area (Å²) in [4.78, 5) is 25.6. The van der Waals surface area contributed by atoms with Crippen LogP contribution in [0.4, 0.5) is 14.6 Å². The molecule has 2 N–H and O–H groups in total. The van der Waals surface area contributed by atoms with Crippen molar-refractivity contribution >= 4 is 45.4 Å². The van der Waals surface area contributed by atoms with Gasteiger partial charge in [0.25, 0.3) is 0 Å². The number of carboxylic acids is 1. The van der Waals surface area contributed by atoms with Crippen molar-refractivity contribution in [3.63, 3.8) is 0 Å². The van der Waals surface area contributed by atoms with Crippen molar-refractivity contribution in [3.8, 4) is 22.5 Å². The van der Waals surface area contributed by atoms with Crippen LogP contribution in [0.3, 0.4) is 0 Å². The van der Waals surface area contributed by atoms with Gasteiger partial charge in [-0.25, -0.2) is 9.97 Å². The number of anilines is 1. The van der Waals surface area contributed by atoms with Gasteiger partial charge in [-0.2, -0.15) is 8.78 Å². The van der Waals surface area contributed by atoms with Crippen molar-refractivity contribution in [1.29, 1.82) is 0 Å². The van der Waals surface area contributed by atoms with Gasteiger partial charge in [-0.15, -0.1) is 0 Å². The number of hydrogen-bond donors (Lipinski definition) is 2. The number of halogens is 3. The quantitative estimate of drug-likeness (QED) is 0.223. The number of alkyl halides is 3. The van der Waals surface area contributed by atoms with Crippen LogP contribution in [0, 0.1) is 5.92 Å². The summed E-state index contributed by atoms with van der Waals surface area (Å²) >= 11 is 1.12. The Labute approximate surface area is 208 Å². The number of benzene rings is 2. The SMILES string of the molecule is O=C(O)C1CCCN(c2ccc(-c3ccc(-c4nc5ccc(C(F)(F)I)cc5[nH]4)cc3)cn2)C1. The van der Waals surface area contributed by atoms with E-state index in [9.17, 15) is 18.7 Å². The zero-order valence-electron chi connectivity index (χ0n) is 18.0. The lowest BCUT2D eigenvalue weighted by Gasteiger charge is -2.31. The Morgan fingerprint density at radius 1 is 1.09 bits per heavy atom. The van der Waals surface area contributed by atoms with Gasteiger partial charge < -0.3 is 15.0 Å². The zero-order chi connectivity index (χ0) is 23.9. The van der Waals surface area contributed by atoms with Gasteiger partial charge in [0.2, 0.25) is 0 Å². The van der Waals surface area contributed by atoms with Gasteiger partial charge >= 0.3 is 9.90 Å². The van der Waals surface area contributed by atoms with Gasteiger partial charge in [-0.1, -0.05) is 24.3 Å². The molecule has 4 aromatic rings. The monoisotopic (exact) mass is 574 g/mol. The van der Waals surface area contributed by atoms with Crippen LogP contribution in [0.15, 0.2) is 60.8 Å². The van der Waals surface area contributed by atoms with Crippen LogP contribution in [-0.2, 0) is 8.72 Å². The Hall–Kier alpha value is -3.08. The summed E-state index contributed by atoms with van der Waals surface area (Å²) in [6.45, 7) is 1.28. The molecule has 1 unspecified atom stereocenters. The maximum absolute atomic E-state index is 13.6. The summed E-state index contributed by atoms with van der Waals surface area (Å²) in [6.07, 6.45) is 3.33. The lowest BCUT2D eigenvalue weighted by molar-refractivity contribution is -0.141. The number of fused-ring (bicyclic) bond motifs is 1. The van der Waals surface area contributed by atoms with E-state index >= 15 is 0 Å². The summed E-state index contributed by atoms with van der Waals surface area (Å²) in [5, 5.41) is 9.30. The average Bonchev–Trinajstić information content (AvgIpc) is 3.27. The standard InChI is InChI=1S/C25H21F2IN4O2/c26-25(27,28)19-8-9-20-21(12-19)31-23(30-20)16-5-3-15(4-6-16)17-7-10-22(29-13-17)32-11-1-2-18(14-32)24(33)34/h3-10,12-13,18H,1-2,11,14H2,(H,30,31)(H,33,34). The van der Waals surface area contributed by atoms with Crippen molar-refractivity contribution in [2.45, 2.75) is 16.8 Å². The molecule has 6 nitrogen and oxygen atoms in total. The molecule has 1 atom stereocenters. The first-order valence-corrected chi connectivity index (χ1v) is 12.0. The molecule has 2 aromatic carbocycles. The molecule has 9 heteroatoms. The predicted octanol–water partition coefficient (Wildman–Crippen LogP) is 6.08. The molecule has 0 bridgehead atoms. The highest BCUT2D eigenvalue weighted by Gasteiger charge is 2.27. The molecule has 1 saturated heterocycles. The lowest BCUT2D eigenvalue weighted by atomic mass is 9.98. The molecule has 5 rings (SSSR count). The molecule has 3 heterocycles. The van der Waals surface area contributed by atoms with Crippen LogP contribution in [-0.4, -0.2) is 39.1 Å². The van der Waals surface area contributed by atoms with Gasteiger partial charge in [0, 0.05) is 58.6 Å². The van der Waals surface area contributed by atoms with E-state index in [2.05, 4.69) is 15.0 Å². The Kier molecular flexibility index (Phi) is 5.97. The lowest BCUT2D eigenvalue weighted by Crippen LogP contribution is -2.39. The largest absolute Gasteiger partial charge is 0.481 e. The highest BCUT2D eigenvalue weighted by Crippen LogP contribution is 2.36. The van der Waals surface area contributed by atoms with Crippen molar-refractivity contribution in [1.82, 2.24) is 15.0 Å². The van der Waals surface area contributed by atoms with Crippen LogP contribution < -0.4 is 4.90 Å². The number of carboxylic acid groups (broad SMARTS) is 1. The fourth-order valence-corrected chi connectivity index (χ4v) is 4.61. The molecular weight excluding hydrogens is 553 g/mol. The molecule has 2 aromatic heterocycles. The van der Waals surface area contributed by atoms with E-state index in [1.54, 1.807) is 12.3 Å². The Bertz CT molecular complexity index is 1330. The van der Waals surface area contributed by atoms with Crippen LogP contribution in [0.1, 0.15) is 18.4 Å². The number of imidazole rings is 1. The third kappa shape index (κ3) is 4.61. The number of hydrogen-bond acceptors (Lipinski definition) is 4. The zero-order valence-corrected chi connectivity index (χ0v) is 20.2. The second-order valence-electron chi connectivity index (χ2n) is 8.42. The fraction of sp³-hybridized carbons (Fsp3) is 0.240. The first kappa shape index (κ1) is 22.7. The van der Waals surface area contributed by atoms with Crippen LogP contribution in [0.5, 0.6) is 0 Å². The normalized spacial score (nSPS) is 16.7. The minimum absolute atomic E-state index is 0.0647. The van der Waals surface area contributed by atoms with Crippen LogP contribution in [0.2, 0.25) is 0 Å². The summed E-state index contributed by atoms with van der Waals surface area (Å²) < 4.78 is 24.3. The molecule has 0 saturated carbocycles. The second-order valence-corrected chi connectivity index (χ2v) is 9.78. The van der Waals surface area contributed by atoms with Crippen molar-refractivity contribution in [2.24, 2.45) is 5.92 Å². The van der Waals surface area contributed by atoms with Gasteiger partial charge in [-0.05, 0) is 48.7 Å². The number of rotatable bonds is 5. The highest BCUT2D eigenvalue weighted by atomic mass is 127. The molecule has 0 spiro atoms. The number of carbonyl (C=O) groups is 1. The highest BCUT2D eigenvalue weighted by molar-refractivity contribution is 14.1. The maximum atomic E-state index is 13.6. The molecule has 0 radical (unpaired) electrons. The molecule has 1 fully saturated rings. The van der Waals surface area contributed by atoms with Crippen LogP contribution in [0.25, 0.3) is 33.5 Å². The van der Waals surface area contributed by atoms with Crippen molar-refractivity contribution in [3.05, 3.63) is 66.4 Å². The summed E-state index contributed by atoms with van der Waals surface area (Å²) in [5.74, 6) is 0.284. The van der Waals surface area contributed by atoms with E-state index < -0.39 is 9.90 Å². The summed E-state index contributed by atoms with van der Waals surface area (Å²) in [5.41, 5.74) is 3.90. The Morgan fingerprint density at radius 2 is 1.82 bits per heavy atom. The van der Waals surface area contributed by atoms with E-state index in [4.69, 9.17) is 0 Å². The molecule has 1 aliphatic heterocycles. The topological polar surface area (TPSA) is 82.1 Å². The van der Waals surface area contributed by atoms with Crippen molar-refractivity contribution in [2.75, 3.05) is 18.0 Å². The number of aliphatic carboxylic acids is 1. The van der Waals surface area contributed by atoms with E-state index in [1.165, 1.54) is 12.1 Å². The van der Waals surface area contributed by atoms with Crippen LogP contribution >= 0.6 is 22.6 Å². The third-order valence-corrected chi connectivity index (χ3v) is 6.77. The predicted molar refractivity (Wildman–Crippen MR) is 135 cm³/mol. The number of nitrogens with zero attached hydrogens (tertiary/aromatic N) is 3. The number of piperidine rings is 1. The minimum Gasteiger partial charge on any atom is -0.481 e. The first-order chi connectivity index (χ1) is 16.3. The maximum Gasteiger partial charge on any atom is 0.321 e. The molecule has 34 heavy (non-hydrogen) atoms. The molecule has 1 aliphatic rings. The third-order valence-electron chi connectivity index (χ3n) is 6.14. The Balaban J connectivity index is 1.34. The number of pyridine rings is 1. The number of H-pyrrole nitrogens is 1. The minimum atomic E-state index is -2.94. The van der Waals surface area contributed by atoms with E-state index in [1.807, 2.05) is 41.3 Å². The fourth-order valence-electron chi connectivity index (χ4n) is 4.27. The summed E-state index contributed by atoms with van der Waals surface area (Å²) in [6, 6.07) is 16.1. The summed E-state index contributed by atoms with van der Waals surface area (Å²) in [7, 11) is 0. The molecule has 174 valence electrons. The van der Waals surface area contributed by atoms with Crippen molar-refractivity contribution < 1.29 is 18.7 Å². The van der Waals surface area contributed by atoms with E-state index in [0.29, 0.717) is 29.8 Å². The average molecular weight is 574 g/mol. The first-order valence-electron chi connectivity index (χ1n) is 10.9. The van der Waals surface area contributed by atoms with Gasteiger partial charge in [0.15, 0.2) is 0 Å². The second kappa shape index (κ2) is 8.94. The number of aromatic amines is 1. The molecule has 0 aliphatic carbocycles. The van der Waals surface area contributed by atoms with E-state index in [0.717, 1.165) is 58.1 Å². The smallest absolute Gasteiger partial charge is 0.321 e. The number of aromatic nitrogens is 3. The molecule has 0 amide bonds. The number of nitrogens with one attached hydrogen (secondary N) is 1. The van der Waals surface area contributed by atoms with Gasteiger partial charge in [0.1, 0.15) is 11.6 Å². The van der Waals surface area contributed by atoms with Gasteiger partial charge in [0.05, 0.1) is 17.0 Å². The molecular formula is C25H21F2IN4O2. The van der Waals surface area contributed by atoms with Gasteiger partial charge in [-0.3, -0.25) is 4.79 Å².